The number of ether oxygens (including phenoxy) is 2. The summed E-state index contributed by atoms with van der Waals surface area (Å²) in [5, 5.41) is 0. The van der Waals surface area contributed by atoms with E-state index in [1.807, 2.05) is 13.8 Å². The molecule has 0 atom stereocenters. The molecule has 4 rings (SSSR count). The second-order valence-electron chi connectivity index (χ2n) is 7.99. The first-order valence-electron chi connectivity index (χ1n) is 10.5. The van der Waals surface area contributed by atoms with Crippen molar-refractivity contribution < 1.29 is 36.6 Å². The van der Waals surface area contributed by atoms with Gasteiger partial charge < -0.3 is 15.2 Å². The number of hydrogen-bond donors (Lipinski definition) is 1. The van der Waals surface area contributed by atoms with Gasteiger partial charge in [0.05, 0.1) is 5.69 Å². The molecule has 1 saturated heterocycles. The van der Waals surface area contributed by atoms with Crippen molar-refractivity contribution in [1.29, 1.82) is 0 Å². The third kappa shape index (κ3) is 5.14. The normalized spacial score (nSPS) is 14.1. The fraction of sp³-hybridized carbons (Fsp3) is 0.217. The third-order valence-corrected chi connectivity index (χ3v) is 5.15. The molecule has 1 aliphatic heterocycles. The molecule has 3 amide bonds. The van der Waals surface area contributed by atoms with E-state index in [9.17, 15) is 27.2 Å². The number of urea groups is 1. The summed E-state index contributed by atoms with van der Waals surface area (Å²) in [6, 6.07) is 7.88. The summed E-state index contributed by atoms with van der Waals surface area (Å²) in [6.07, 6.45) is -3.71. The number of carbonyl (C=O) groups excluding carboxylic acids is 2. The summed E-state index contributed by atoms with van der Waals surface area (Å²) >= 11 is 0. The van der Waals surface area contributed by atoms with Crippen LogP contribution in [0.5, 0.6) is 17.4 Å². The van der Waals surface area contributed by atoms with E-state index in [-0.39, 0.29) is 29.1 Å². The van der Waals surface area contributed by atoms with Gasteiger partial charge in [-0.3, -0.25) is 9.69 Å². The van der Waals surface area contributed by atoms with Crippen LogP contribution >= 0.6 is 0 Å². The van der Waals surface area contributed by atoms with Gasteiger partial charge in [0, 0.05) is 24.0 Å². The number of nitrogen functional groups attached to an aromatic ring is 1. The summed E-state index contributed by atoms with van der Waals surface area (Å²) in [4.78, 5) is 35.6. The number of carbonyl (C=O) groups is 2. The molecule has 188 valence electrons. The molecular formula is C23H19F4N5O4. The van der Waals surface area contributed by atoms with Crippen molar-refractivity contribution in [2.24, 2.45) is 0 Å². The van der Waals surface area contributed by atoms with Gasteiger partial charge in [-0.15, -0.1) is 13.2 Å². The number of benzene rings is 2. The molecule has 0 saturated carbocycles. The number of rotatable bonds is 6. The molecule has 0 spiro atoms. The Morgan fingerprint density at radius 3 is 2.50 bits per heavy atom. The number of amides is 3. The Bertz CT molecular complexity index is 1330. The van der Waals surface area contributed by atoms with Gasteiger partial charge in [-0.1, -0.05) is 13.8 Å². The Hall–Kier alpha value is -4.42. The van der Waals surface area contributed by atoms with Crippen LogP contribution < -0.4 is 25.0 Å². The van der Waals surface area contributed by atoms with E-state index >= 15 is 0 Å². The average Bonchev–Trinajstić information content (AvgIpc) is 3.08. The Morgan fingerprint density at radius 1 is 1.08 bits per heavy atom. The molecule has 2 heterocycles. The van der Waals surface area contributed by atoms with E-state index < -0.39 is 36.4 Å². The largest absolute Gasteiger partial charge is 0.573 e. The van der Waals surface area contributed by atoms with Crippen molar-refractivity contribution in [3.8, 4) is 17.4 Å². The number of nitrogens with zero attached hydrogens (tertiary/aromatic N) is 4. The maximum absolute atomic E-state index is 13.8. The highest BCUT2D eigenvalue weighted by Gasteiger charge is 2.40. The van der Waals surface area contributed by atoms with Gasteiger partial charge in [0.25, 0.3) is 5.91 Å². The summed E-state index contributed by atoms with van der Waals surface area (Å²) in [5.74, 6) is -2.59. The zero-order valence-electron chi connectivity index (χ0n) is 18.9. The molecule has 3 aromatic rings. The topological polar surface area (TPSA) is 111 Å². The van der Waals surface area contributed by atoms with Crippen molar-refractivity contribution in [2.75, 3.05) is 22.1 Å². The smallest absolute Gasteiger partial charge is 0.439 e. The molecular weight excluding hydrogens is 486 g/mol. The highest BCUT2D eigenvalue weighted by Crippen LogP contribution is 2.37. The number of nitrogens with two attached hydrogens (primary N) is 1. The first kappa shape index (κ1) is 24.7. The fourth-order valence-corrected chi connectivity index (χ4v) is 3.60. The molecule has 9 nitrogen and oxygen atoms in total. The average molecular weight is 505 g/mol. The van der Waals surface area contributed by atoms with Crippen molar-refractivity contribution in [1.82, 2.24) is 9.97 Å². The van der Waals surface area contributed by atoms with E-state index in [0.29, 0.717) is 17.4 Å². The van der Waals surface area contributed by atoms with Crippen LogP contribution in [0.3, 0.4) is 0 Å². The number of aromatic nitrogens is 2. The van der Waals surface area contributed by atoms with Gasteiger partial charge in [0.1, 0.15) is 12.3 Å². The minimum absolute atomic E-state index is 0.0196. The summed E-state index contributed by atoms with van der Waals surface area (Å²) in [7, 11) is 0. The Kier molecular flexibility index (Phi) is 6.39. The minimum Gasteiger partial charge on any atom is -0.439 e. The zero-order chi connectivity index (χ0) is 26.2. The van der Waals surface area contributed by atoms with Crippen LogP contribution in [0, 0.1) is 5.82 Å². The van der Waals surface area contributed by atoms with Crippen LogP contribution in [-0.4, -0.2) is 34.8 Å². The number of halogens is 4. The lowest BCUT2D eigenvalue weighted by atomic mass is 10.00. The van der Waals surface area contributed by atoms with Crippen molar-refractivity contribution in [3.05, 3.63) is 60.0 Å². The predicted octanol–water partition coefficient (Wildman–Crippen LogP) is 4.99. The molecule has 0 aliphatic carbocycles. The molecule has 0 unspecified atom stereocenters. The van der Waals surface area contributed by atoms with Gasteiger partial charge in [0.15, 0.2) is 11.6 Å². The van der Waals surface area contributed by atoms with Gasteiger partial charge in [0.2, 0.25) is 11.8 Å². The SMILES string of the molecule is CC(C)c1cc(Oc2ccnc(N)n2)ccc1N1C(=O)CN(c2ccc(F)c(OC(F)(F)F)c2)C1=O. The second-order valence-corrected chi connectivity index (χ2v) is 7.99. The zero-order valence-corrected chi connectivity index (χ0v) is 18.9. The quantitative estimate of drug-likeness (QED) is 0.371. The molecule has 13 heteroatoms. The molecule has 0 radical (unpaired) electrons. The van der Waals surface area contributed by atoms with Gasteiger partial charge in [-0.05, 0) is 41.8 Å². The lowest BCUT2D eigenvalue weighted by molar-refractivity contribution is -0.275. The van der Waals surface area contributed by atoms with E-state index in [4.69, 9.17) is 10.5 Å². The van der Waals surface area contributed by atoms with Crippen molar-refractivity contribution in [2.45, 2.75) is 26.1 Å². The molecule has 1 aromatic heterocycles. The molecule has 36 heavy (non-hydrogen) atoms. The Balaban J connectivity index is 1.64. The maximum atomic E-state index is 13.8. The van der Waals surface area contributed by atoms with E-state index in [1.165, 1.54) is 24.4 Å². The van der Waals surface area contributed by atoms with Gasteiger partial charge in [-0.2, -0.15) is 4.98 Å². The lowest BCUT2D eigenvalue weighted by Crippen LogP contribution is -2.33. The number of hydrogen-bond acceptors (Lipinski definition) is 7. The molecule has 2 N–H and O–H groups in total. The molecule has 0 bridgehead atoms. The van der Waals surface area contributed by atoms with Crippen molar-refractivity contribution >= 4 is 29.3 Å². The van der Waals surface area contributed by atoms with Crippen molar-refractivity contribution in [3.63, 3.8) is 0 Å². The van der Waals surface area contributed by atoms with Gasteiger partial charge >= 0.3 is 12.4 Å². The summed E-state index contributed by atoms with van der Waals surface area (Å²) in [5.41, 5.74) is 6.28. The first-order valence-corrected chi connectivity index (χ1v) is 10.5. The van der Waals surface area contributed by atoms with Crippen LogP contribution in [0.4, 0.5) is 39.7 Å². The van der Waals surface area contributed by atoms with Crippen LogP contribution in [0.2, 0.25) is 0 Å². The lowest BCUT2D eigenvalue weighted by Gasteiger charge is -2.22. The standard InChI is InChI=1S/C23H19F4N5O4/c1-12(2)15-10-14(35-19-7-8-29-21(28)30-19)4-6-17(15)32-20(33)11-31(22(32)34)13-3-5-16(24)18(9-13)36-23(25,26)27/h3-10,12H,11H2,1-2H3,(H2,28,29,30). The Labute approximate surface area is 202 Å². The number of alkyl halides is 3. The van der Waals surface area contributed by atoms with Crippen LogP contribution in [-0.2, 0) is 4.79 Å². The molecule has 1 aliphatic rings. The highest BCUT2D eigenvalue weighted by atomic mass is 19.4. The van der Waals surface area contributed by atoms with Gasteiger partial charge in [-0.25, -0.2) is 19.1 Å². The van der Waals surface area contributed by atoms with E-state index in [2.05, 4.69) is 14.7 Å². The van der Waals surface area contributed by atoms with E-state index in [1.54, 1.807) is 6.07 Å². The third-order valence-electron chi connectivity index (χ3n) is 5.15. The monoisotopic (exact) mass is 505 g/mol. The summed E-state index contributed by atoms with van der Waals surface area (Å²) in [6.45, 7) is 3.22. The number of anilines is 3. The maximum Gasteiger partial charge on any atom is 0.573 e. The molecule has 2 aromatic carbocycles. The second kappa shape index (κ2) is 9.32. The molecule has 1 fully saturated rings. The van der Waals surface area contributed by atoms with Crippen LogP contribution in [0.25, 0.3) is 0 Å². The first-order chi connectivity index (χ1) is 16.9. The highest BCUT2D eigenvalue weighted by molar-refractivity contribution is 6.27. The van der Waals surface area contributed by atoms with Crippen LogP contribution in [0.1, 0.15) is 25.3 Å². The minimum atomic E-state index is -5.14. The summed E-state index contributed by atoms with van der Waals surface area (Å²) < 4.78 is 61.0. The Morgan fingerprint density at radius 2 is 1.83 bits per heavy atom. The van der Waals surface area contributed by atoms with Crippen LogP contribution in [0.15, 0.2) is 48.7 Å². The predicted molar refractivity (Wildman–Crippen MR) is 120 cm³/mol. The number of imide groups is 1. The fourth-order valence-electron chi connectivity index (χ4n) is 3.60. The van der Waals surface area contributed by atoms with E-state index in [0.717, 1.165) is 21.9 Å².